The number of hydrogen-bond donors (Lipinski definition) is 3. The number of nitrogens with zero attached hydrogens (tertiary/aromatic N) is 1. The van der Waals surface area contributed by atoms with Gasteiger partial charge in [-0.05, 0) is 75.1 Å². The van der Waals surface area contributed by atoms with E-state index >= 15 is 0 Å². The molecule has 10 heteroatoms. The van der Waals surface area contributed by atoms with E-state index in [1.54, 1.807) is 6.07 Å². The van der Waals surface area contributed by atoms with Crippen LogP contribution in [0.5, 0.6) is 17.4 Å². The van der Waals surface area contributed by atoms with Crippen LogP contribution < -0.4 is 30.6 Å². The Kier molecular flexibility index (Phi) is 9.38. The van der Waals surface area contributed by atoms with Crippen LogP contribution in [0.1, 0.15) is 51.4 Å². The van der Waals surface area contributed by atoms with Gasteiger partial charge in [-0.15, -0.1) is 0 Å². The van der Waals surface area contributed by atoms with Crippen LogP contribution in [0.3, 0.4) is 0 Å². The summed E-state index contributed by atoms with van der Waals surface area (Å²) in [5, 5.41) is 5.95. The molecule has 1 aliphatic carbocycles. The molecule has 216 valence electrons. The van der Waals surface area contributed by atoms with E-state index in [9.17, 15) is 9.59 Å². The average molecular weight is 553 g/mol. The molecular formula is C30H40N4O6. The monoisotopic (exact) mass is 552 g/mol. The number of nitrogens with two attached hydrogens (primary N) is 1. The number of benzene rings is 1. The van der Waals surface area contributed by atoms with E-state index in [0.29, 0.717) is 73.5 Å². The van der Waals surface area contributed by atoms with Crippen molar-refractivity contribution in [2.45, 2.75) is 63.5 Å². The summed E-state index contributed by atoms with van der Waals surface area (Å²) in [5.41, 5.74) is 7.89. The minimum absolute atomic E-state index is 0.0250. The Hall–Kier alpha value is -3.37. The van der Waals surface area contributed by atoms with Gasteiger partial charge in [0.1, 0.15) is 18.4 Å². The molecule has 1 saturated heterocycles. The first-order valence-electron chi connectivity index (χ1n) is 14.4. The zero-order valence-corrected chi connectivity index (χ0v) is 23.2. The molecule has 10 nitrogen and oxygen atoms in total. The third-order valence-electron chi connectivity index (χ3n) is 7.99. The molecule has 1 saturated carbocycles. The topological polar surface area (TPSA) is 134 Å². The number of fused-ring (bicyclic) bond motifs is 1. The molecule has 1 unspecified atom stereocenters. The summed E-state index contributed by atoms with van der Waals surface area (Å²) < 4.78 is 23.1. The highest BCUT2D eigenvalue weighted by Crippen LogP contribution is 2.41. The van der Waals surface area contributed by atoms with Gasteiger partial charge in [-0.1, -0.05) is 6.07 Å². The van der Waals surface area contributed by atoms with Crippen LogP contribution in [-0.2, 0) is 14.3 Å². The number of aromatic nitrogens is 1. The van der Waals surface area contributed by atoms with E-state index < -0.39 is 0 Å². The van der Waals surface area contributed by atoms with Crippen molar-refractivity contribution >= 4 is 17.5 Å². The second-order valence-electron chi connectivity index (χ2n) is 10.9. The van der Waals surface area contributed by atoms with Crippen LogP contribution in [0.25, 0.3) is 11.3 Å². The second kappa shape index (κ2) is 13.3. The van der Waals surface area contributed by atoms with Crippen molar-refractivity contribution in [1.29, 1.82) is 0 Å². The standard InChI is InChI=1S/C30H40N4O6/c1-37-30-25(33-27(35)7-2-4-19-8-9-21(31)16-19)11-10-24(34-30)23-5-3-6-26-28(23)40-22(18-39-26)17-32-29(36)20-12-14-38-15-13-20/h3,5-6,10-11,19-22H,2,4,7-9,12-18,31H2,1H3,(H,32,36)(H,33,35)/t19-,21+,22?/m0/s1. The van der Waals surface area contributed by atoms with Crippen LogP contribution in [0.4, 0.5) is 5.69 Å². The maximum Gasteiger partial charge on any atom is 0.238 e. The van der Waals surface area contributed by atoms with E-state index in [0.717, 1.165) is 50.5 Å². The molecule has 5 rings (SSSR count). The molecule has 0 spiro atoms. The minimum Gasteiger partial charge on any atom is -0.486 e. The number of amides is 2. The number of methoxy groups -OCH3 is 1. The highest BCUT2D eigenvalue weighted by Gasteiger charge is 2.28. The lowest BCUT2D eigenvalue weighted by molar-refractivity contribution is -0.128. The summed E-state index contributed by atoms with van der Waals surface area (Å²) in [4.78, 5) is 29.8. The van der Waals surface area contributed by atoms with Gasteiger partial charge in [0, 0.05) is 37.2 Å². The van der Waals surface area contributed by atoms with Gasteiger partial charge in [-0.25, -0.2) is 4.98 Å². The number of carbonyl (C=O) groups is 2. The first kappa shape index (κ1) is 28.2. The molecule has 3 atom stereocenters. The molecular weight excluding hydrogens is 512 g/mol. The van der Waals surface area contributed by atoms with Crippen molar-refractivity contribution < 1.29 is 28.5 Å². The van der Waals surface area contributed by atoms with Gasteiger partial charge in [0.25, 0.3) is 0 Å². The van der Waals surface area contributed by atoms with Gasteiger partial charge >= 0.3 is 0 Å². The fourth-order valence-corrected chi connectivity index (χ4v) is 5.74. The van der Waals surface area contributed by atoms with E-state index in [4.69, 9.17) is 24.7 Å². The van der Waals surface area contributed by atoms with Crippen LogP contribution in [0, 0.1) is 11.8 Å². The van der Waals surface area contributed by atoms with Gasteiger partial charge in [-0.3, -0.25) is 9.59 Å². The van der Waals surface area contributed by atoms with Gasteiger partial charge in [0.05, 0.1) is 19.3 Å². The van der Waals surface area contributed by atoms with Crippen molar-refractivity contribution in [3.05, 3.63) is 30.3 Å². The van der Waals surface area contributed by atoms with Crippen molar-refractivity contribution in [2.24, 2.45) is 17.6 Å². The van der Waals surface area contributed by atoms with Crippen molar-refractivity contribution in [3.63, 3.8) is 0 Å². The smallest absolute Gasteiger partial charge is 0.238 e. The zero-order chi connectivity index (χ0) is 27.9. The normalized spacial score (nSPS) is 22.5. The Morgan fingerprint density at radius 2 is 1.98 bits per heavy atom. The molecule has 0 radical (unpaired) electrons. The van der Waals surface area contributed by atoms with Crippen molar-refractivity contribution in [1.82, 2.24) is 10.3 Å². The summed E-state index contributed by atoms with van der Waals surface area (Å²) >= 11 is 0. The maximum atomic E-state index is 12.6. The molecule has 2 fully saturated rings. The van der Waals surface area contributed by atoms with Gasteiger partial charge in [-0.2, -0.15) is 0 Å². The predicted octanol–water partition coefficient (Wildman–Crippen LogP) is 3.68. The summed E-state index contributed by atoms with van der Waals surface area (Å²) in [5.74, 6) is 2.07. The molecule has 3 aliphatic rings. The third kappa shape index (κ3) is 7.03. The van der Waals surface area contributed by atoms with E-state index in [1.165, 1.54) is 7.11 Å². The highest BCUT2D eigenvalue weighted by molar-refractivity contribution is 5.92. The number of carbonyl (C=O) groups excluding carboxylic acids is 2. The number of hydrogen-bond acceptors (Lipinski definition) is 8. The molecule has 0 bridgehead atoms. The number of para-hydroxylation sites is 1. The lowest BCUT2D eigenvalue weighted by Crippen LogP contribution is -2.43. The molecule has 1 aromatic heterocycles. The lowest BCUT2D eigenvalue weighted by atomic mass is 9.99. The number of nitrogens with one attached hydrogen (secondary N) is 2. The van der Waals surface area contributed by atoms with Gasteiger partial charge in [0.2, 0.25) is 17.7 Å². The van der Waals surface area contributed by atoms with Crippen LogP contribution in [0.15, 0.2) is 30.3 Å². The van der Waals surface area contributed by atoms with Gasteiger partial charge < -0.3 is 35.3 Å². The van der Waals surface area contributed by atoms with E-state index in [1.807, 2.05) is 24.3 Å². The number of rotatable bonds is 10. The number of ether oxygens (including phenoxy) is 4. The third-order valence-corrected chi connectivity index (χ3v) is 7.99. The molecule has 2 aromatic rings. The molecule has 1 aromatic carbocycles. The Morgan fingerprint density at radius 1 is 1.12 bits per heavy atom. The fourth-order valence-electron chi connectivity index (χ4n) is 5.74. The van der Waals surface area contributed by atoms with E-state index in [-0.39, 0.29) is 23.8 Å². The molecule has 40 heavy (non-hydrogen) atoms. The Balaban J connectivity index is 1.20. The predicted molar refractivity (Wildman–Crippen MR) is 150 cm³/mol. The molecule has 2 aliphatic heterocycles. The second-order valence-corrected chi connectivity index (χ2v) is 10.9. The van der Waals surface area contributed by atoms with Crippen LogP contribution in [0.2, 0.25) is 0 Å². The summed E-state index contributed by atoms with van der Waals surface area (Å²) in [6.07, 6.45) is 6.75. The van der Waals surface area contributed by atoms with Crippen molar-refractivity contribution in [2.75, 3.05) is 38.8 Å². The first-order chi connectivity index (χ1) is 19.5. The summed E-state index contributed by atoms with van der Waals surface area (Å²) in [6, 6.07) is 9.57. The minimum atomic E-state index is -0.335. The Morgan fingerprint density at radius 3 is 2.75 bits per heavy atom. The summed E-state index contributed by atoms with van der Waals surface area (Å²) in [6.45, 7) is 1.92. The number of anilines is 1. The van der Waals surface area contributed by atoms with Crippen LogP contribution in [-0.4, -0.2) is 62.4 Å². The lowest BCUT2D eigenvalue weighted by Gasteiger charge is -2.29. The highest BCUT2D eigenvalue weighted by atomic mass is 16.6. The molecule has 2 amide bonds. The Bertz CT molecular complexity index is 1180. The maximum absolute atomic E-state index is 12.6. The largest absolute Gasteiger partial charge is 0.486 e. The quantitative estimate of drug-likeness (QED) is 0.407. The SMILES string of the molecule is COc1nc(-c2cccc3c2OC(CNC(=O)C2CCOCC2)CO3)ccc1NC(=O)CCC[C@H]1CC[C@@H](N)C1. The van der Waals surface area contributed by atoms with E-state index in [2.05, 4.69) is 15.6 Å². The molecule has 3 heterocycles. The fraction of sp³-hybridized carbons (Fsp3) is 0.567. The zero-order valence-electron chi connectivity index (χ0n) is 23.2. The van der Waals surface area contributed by atoms with Crippen LogP contribution >= 0.6 is 0 Å². The van der Waals surface area contributed by atoms with Gasteiger partial charge in [0.15, 0.2) is 11.5 Å². The van der Waals surface area contributed by atoms with Crippen molar-refractivity contribution in [3.8, 4) is 28.6 Å². The average Bonchev–Trinajstić information content (AvgIpc) is 3.40. The Labute approximate surface area is 235 Å². The first-order valence-corrected chi connectivity index (χ1v) is 14.4. The number of pyridine rings is 1. The molecule has 4 N–H and O–H groups in total. The summed E-state index contributed by atoms with van der Waals surface area (Å²) in [7, 11) is 1.53.